The molecule has 0 bridgehead atoms. The number of aliphatic carboxylic acids is 2. The lowest BCUT2D eigenvalue weighted by Gasteiger charge is -2.22. The summed E-state index contributed by atoms with van der Waals surface area (Å²) in [5, 5.41) is 22.5. The summed E-state index contributed by atoms with van der Waals surface area (Å²) in [6, 6.07) is -3.60. The first-order chi connectivity index (χ1) is 12.7. The normalized spacial score (nSPS) is 14.0. The van der Waals surface area contributed by atoms with E-state index in [4.69, 9.17) is 15.9 Å². The Hall–Kier alpha value is -2.60. The molecule has 0 saturated carbocycles. The second kappa shape index (κ2) is 11.2. The van der Waals surface area contributed by atoms with Gasteiger partial charge in [-0.25, -0.2) is 9.78 Å². The Morgan fingerprint density at radius 2 is 1.89 bits per heavy atom. The highest BCUT2D eigenvalue weighted by atomic mass is 32.2. The van der Waals surface area contributed by atoms with Gasteiger partial charge in [0.05, 0.1) is 18.8 Å². The van der Waals surface area contributed by atoms with Crippen molar-refractivity contribution in [1.82, 2.24) is 20.6 Å². The molecule has 1 heterocycles. The number of amides is 2. The van der Waals surface area contributed by atoms with Gasteiger partial charge >= 0.3 is 11.9 Å². The maximum Gasteiger partial charge on any atom is 0.326 e. The van der Waals surface area contributed by atoms with Gasteiger partial charge in [-0.05, 0) is 18.4 Å². The van der Waals surface area contributed by atoms with E-state index in [2.05, 4.69) is 20.6 Å². The van der Waals surface area contributed by atoms with Gasteiger partial charge in [0.2, 0.25) is 11.8 Å². The van der Waals surface area contributed by atoms with E-state index < -0.39 is 48.3 Å². The van der Waals surface area contributed by atoms with Crippen molar-refractivity contribution in [3.8, 4) is 0 Å². The van der Waals surface area contributed by atoms with Crippen molar-refractivity contribution in [3.05, 3.63) is 18.2 Å². The van der Waals surface area contributed by atoms with E-state index in [0.29, 0.717) is 17.9 Å². The van der Waals surface area contributed by atoms with Crippen LogP contribution in [0, 0.1) is 0 Å². The summed E-state index contributed by atoms with van der Waals surface area (Å²) in [5.74, 6) is -3.60. The zero-order valence-electron chi connectivity index (χ0n) is 14.7. The minimum atomic E-state index is -1.62. The molecule has 11 nitrogen and oxygen atoms in total. The van der Waals surface area contributed by atoms with Crippen molar-refractivity contribution in [2.75, 3.05) is 12.0 Å². The Morgan fingerprint density at radius 3 is 2.41 bits per heavy atom. The number of nitrogens with two attached hydrogens (primary N) is 1. The van der Waals surface area contributed by atoms with E-state index in [0.717, 1.165) is 0 Å². The van der Waals surface area contributed by atoms with E-state index in [1.807, 2.05) is 6.26 Å². The second-order valence-electron chi connectivity index (χ2n) is 5.73. The third-order valence-electron chi connectivity index (χ3n) is 3.57. The third kappa shape index (κ3) is 8.09. The summed E-state index contributed by atoms with van der Waals surface area (Å²) in [7, 11) is 0. The van der Waals surface area contributed by atoms with Gasteiger partial charge < -0.3 is 31.6 Å². The Labute approximate surface area is 159 Å². The number of carboxylic acids is 2. The molecular weight excluding hydrogens is 378 g/mol. The highest BCUT2D eigenvalue weighted by Gasteiger charge is 2.29. The van der Waals surface area contributed by atoms with Gasteiger partial charge in [0, 0.05) is 18.3 Å². The van der Waals surface area contributed by atoms with Gasteiger partial charge in [0.25, 0.3) is 0 Å². The second-order valence-corrected chi connectivity index (χ2v) is 6.71. The van der Waals surface area contributed by atoms with Crippen LogP contribution in [0.25, 0.3) is 0 Å². The molecule has 12 heteroatoms. The minimum Gasteiger partial charge on any atom is -0.481 e. The first-order valence-electron chi connectivity index (χ1n) is 8.01. The molecule has 0 aromatic carbocycles. The number of nitrogens with zero attached hydrogens (tertiary/aromatic N) is 1. The van der Waals surface area contributed by atoms with Crippen LogP contribution in [-0.2, 0) is 25.6 Å². The van der Waals surface area contributed by atoms with Gasteiger partial charge in [0.15, 0.2) is 0 Å². The van der Waals surface area contributed by atoms with Crippen LogP contribution < -0.4 is 16.4 Å². The number of H-pyrrole nitrogens is 1. The number of hydrogen-bond donors (Lipinski definition) is 6. The zero-order valence-corrected chi connectivity index (χ0v) is 15.5. The molecule has 7 N–H and O–H groups in total. The van der Waals surface area contributed by atoms with E-state index in [-0.39, 0.29) is 6.42 Å². The molecule has 3 unspecified atom stereocenters. The lowest BCUT2D eigenvalue weighted by molar-refractivity contribution is -0.147. The number of carboxylic acid groups (broad SMARTS) is 2. The highest BCUT2D eigenvalue weighted by Crippen LogP contribution is 2.04. The van der Waals surface area contributed by atoms with E-state index >= 15 is 0 Å². The van der Waals surface area contributed by atoms with Crippen LogP contribution in [0.15, 0.2) is 12.5 Å². The summed E-state index contributed by atoms with van der Waals surface area (Å²) in [6.07, 6.45) is 4.33. The van der Waals surface area contributed by atoms with Gasteiger partial charge in [-0.15, -0.1) is 0 Å². The first kappa shape index (κ1) is 22.4. The number of imidazole rings is 1. The Morgan fingerprint density at radius 1 is 1.22 bits per heavy atom. The molecule has 0 radical (unpaired) electrons. The molecular formula is C15H23N5O6S. The fourth-order valence-corrected chi connectivity index (χ4v) is 2.62. The average Bonchev–Trinajstić information content (AvgIpc) is 3.10. The summed E-state index contributed by atoms with van der Waals surface area (Å²) in [5.41, 5.74) is 6.32. The average molecular weight is 401 g/mol. The summed E-state index contributed by atoms with van der Waals surface area (Å²) in [4.78, 5) is 53.2. The molecule has 3 atom stereocenters. The zero-order chi connectivity index (χ0) is 20.4. The molecule has 0 aliphatic heterocycles. The molecule has 1 rings (SSSR count). The van der Waals surface area contributed by atoms with Crippen molar-refractivity contribution in [3.63, 3.8) is 0 Å². The molecule has 0 aliphatic rings. The summed E-state index contributed by atoms with van der Waals surface area (Å²) >= 11 is 1.52. The fourth-order valence-electron chi connectivity index (χ4n) is 2.13. The molecule has 0 saturated heterocycles. The van der Waals surface area contributed by atoms with Crippen LogP contribution in [-0.4, -0.2) is 74.1 Å². The topological polar surface area (TPSA) is 187 Å². The molecule has 2 amide bonds. The maximum absolute atomic E-state index is 12.5. The lowest BCUT2D eigenvalue weighted by atomic mass is 10.1. The SMILES string of the molecule is CSCCC(N)C(=O)NC(Cc1cnc[nH]1)C(=O)NC(CC(=O)O)C(=O)O. The predicted octanol–water partition coefficient (Wildman–Crippen LogP) is -1.44. The van der Waals surface area contributed by atoms with Crippen LogP contribution in [0.1, 0.15) is 18.5 Å². The Balaban J connectivity index is 2.86. The van der Waals surface area contributed by atoms with Crippen LogP contribution >= 0.6 is 11.8 Å². The monoisotopic (exact) mass is 401 g/mol. The molecule has 1 aromatic heterocycles. The largest absolute Gasteiger partial charge is 0.481 e. The quantitative estimate of drug-likeness (QED) is 0.244. The smallest absolute Gasteiger partial charge is 0.326 e. The van der Waals surface area contributed by atoms with Crippen LogP contribution in [0.4, 0.5) is 0 Å². The minimum absolute atomic E-state index is 0.00618. The molecule has 150 valence electrons. The fraction of sp³-hybridized carbons (Fsp3) is 0.533. The maximum atomic E-state index is 12.5. The number of hydrogen-bond acceptors (Lipinski definition) is 7. The number of aromatic nitrogens is 2. The number of carbonyl (C=O) groups excluding carboxylic acids is 2. The molecule has 0 spiro atoms. The van der Waals surface area contributed by atoms with Crippen molar-refractivity contribution in [2.24, 2.45) is 5.73 Å². The van der Waals surface area contributed by atoms with Gasteiger partial charge in [-0.1, -0.05) is 0 Å². The van der Waals surface area contributed by atoms with Gasteiger partial charge in [-0.2, -0.15) is 11.8 Å². The Bertz CT molecular complexity index is 653. The summed E-state index contributed by atoms with van der Waals surface area (Å²) < 4.78 is 0. The van der Waals surface area contributed by atoms with Crippen LogP contribution in [0.2, 0.25) is 0 Å². The van der Waals surface area contributed by atoms with Crippen molar-refractivity contribution < 1.29 is 29.4 Å². The lowest BCUT2D eigenvalue weighted by Crippen LogP contribution is -2.55. The summed E-state index contributed by atoms with van der Waals surface area (Å²) in [6.45, 7) is 0. The molecule has 0 fully saturated rings. The van der Waals surface area contributed by atoms with Gasteiger partial charge in [0.1, 0.15) is 12.1 Å². The predicted molar refractivity (Wildman–Crippen MR) is 97.0 cm³/mol. The number of thioether (sulfide) groups is 1. The Kier molecular flexibility index (Phi) is 9.30. The van der Waals surface area contributed by atoms with Crippen LogP contribution in [0.5, 0.6) is 0 Å². The molecule has 1 aromatic rings. The van der Waals surface area contributed by atoms with Crippen LogP contribution in [0.3, 0.4) is 0 Å². The number of rotatable bonds is 12. The first-order valence-corrected chi connectivity index (χ1v) is 9.41. The molecule has 0 aliphatic carbocycles. The van der Waals surface area contributed by atoms with E-state index in [9.17, 15) is 19.2 Å². The van der Waals surface area contributed by atoms with Gasteiger partial charge in [-0.3, -0.25) is 14.4 Å². The van der Waals surface area contributed by atoms with Crippen molar-refractivity contribution in [1.29, 1.82) is 0 Å². The van der Waals surface area contributed by atoms with E-state index in [1.54, 1.807) is 0 Å². The number of nitrogens with one attached hydrogen (secondary N) is 3. The highest BCUT2D eigenvalue weighted by molar-refractivity contribution is 7.98. The van der Waals surface area contributed by atoms with E-state index in [1.165, 1.54) is 24.3 Å². The molecule has 27 heavy (non-hydrogen) atoms. The third-order valence-corrected chi connectivity index (χ3v) is 4.22. The van der Waals surface area contributed by atoms with Crippen molar-refractivity contribution in [2.45, 2.75) is 37.4 Å². The number of aromatic amines is 1. The van der Waals surface area contributed by atoms with Crippen molar-refractivity contribution >= 4 is 35.5 Å². The number of carbonyl (C=O) groups is 4. The standard InChI is InChI=1S/C15H23N5O6S/c1-27-3-2-9(16)13(23)19-10(4-8-6-17-7-18-8)14(24)20-11(15(25)26)5-12(21)22/h6-7,9-11H,2-5,16H2,1H3,(H,17,18)(H,19,23)(H,20,24)(H,21,22)(H,25,26).